The van der Waals surface area contributed by atoms with Crippen molar-refractivity contribution in [3.8, 4) is 11.5 Å². The van der Waals surface area contributed by atoms with Crippen molar-refractivity contribution in [3.63, 3.8) is 0 Å². The lowest BCUT2D eigenvalue weighted by atomic mass is 10.1. The van der Waals surface area contributed by atoms with Crippen LogP contribution in [0.25, 0.3) is 0 Å². The monoisotopic (exact) mass is 446 g/mol. The van der Waals surface area contributed by atoms with Gasteiger partial charge >= 0.3 is 11.9 Å². The summed E-state index contributed by atoms with van der Waals surface area (Å²) in [7, 11) is 1.41. The van der Waals surface area contributed by atoms with Crippen LogP contribution in [0.4, 0.5) is 0 Å². The van der Waals surface area contributed by atoms with E-state index >= 15 is 0 Å². The van der Waals surface area contributed by atoms with Gasteiger partial charge in [0, 0.05) is 10.9 Å². The number of benzene rings is 1. The summed E-state index contributed by atoms with van der Waals surface area (Å²) in [4.78, 5) is 20.7. The minimum Gasteiger partial charge on any atom is -0.504 e. The van der Waals surface area contributed by atoms with Gasteiger partial charge in [0.25, 0.3) is 0 Å². The van der Waals surface area contributed by atoms with Gasteiger partial charge in [-0.25, -0.2) is 0 Å². The predicted molar refractivity (Wildman–Crippen MR) is 109 cm³/mol. The number of unbranched alkanes of at least 4 members (excludes halogenated alkanes) is 7. The molecule has 0 spiro atoms. The second kappa shape index (κ2) is 15.3. The number of halogens is 1. The van der Waals surface area contributed by atoms with Gasteiger partial charge in [0.15, 0.2) is 11.5 Å². The van der Waals surface area contributed by atoms with Crippen LogP contribution in [0.5, 0.6) is 11.5 Å². The number of rotatable bonds is 12. The zero-order valence-electron chi connectivity index (χ0n) is 16.2. The van der Waals surface area contributed by atoms with Crippen molar-refractivity contribution in [2.75, 3.05) is 7.11 Å². The number of aromatic hydroxyl groups is 1. The quantitative estimate of drug-likeness (QED) is 0.371. The average molecular weight is 447 g/mol. The number of phenols is 1. The molecule has 0 saturated carbocycles. The van der Waals surface area contributed by atoms with E-state index in [2.05, 4.69) is 22.9 Å². The first-order valence-electron chi connectivity index (χ1n) is 9.30. The Morgan fingerprint density at radius 1 is 0.963 bits per heavy atom. The van der Waals surface area contributed by atoms with E-state index in [-0.39, 0.29) is 17.9 Å². The molecule has 3 N–H and O–H groups in total. The van der Waals surface area contributed by atoms with Crippen LogP contribution in [0, 0.1) is 0 Å². The Kier molecular flexibility index (Phi) is 14.3. The molecule has 0 aliphatic heterocycles. The third kappa shape index (κ3) is 13.1. The van der Waals surface area contributed by atoms with Crippen LogP contribution in [0.15, 0.2) is 16.6 Å². The maximum atomic E-state index is 10.5. The molecular formula is C20H31BrO6. The van der Waals surface area contributed by atoms with Gasteiger partial charge in [-0.15, -0.1) is 0 Å². The molecular weight excluding hydrogens is 416 g/mol. The third-order valence-electron chi connectivity index (χ3n) is 3.93. The average Bonchev–Trinajstić information content (AvgIpc) is 2.59. The number of hydrogen-bond donors (Lipinski definition) is 3. The third-order valence-corrected chi connectivity index (χ3v) is 4.67. The summed E-state index contributed by atoms with van der Waals surface area (Å²) >= 11 is 3.16. The molecule has 0 aliphatic rings. The van der Waals surface area contributed by atoms with Crippen molar-refractivity contribution in [2.45, 2.75) is 71.1 Å². The summed E-state index contributed by atoms with van der Waals surface area (Å²) in [6.45, 7) is 2.22. The van der Waals surface area contributed by atoms with E-state index in [1.807, 2.05) is 0 Å². The summed E-state index contributed by atoms with van der Waals surface area (Å²) in [5.74, 6) is -1.35. The molecule has 154 valence electrons. The molecule has 0 bridgehead atoms. The summed E-state index contributed by atoms with van der Waals surface area (Å²) < 4.78 is 5.41. The topological polar surface area (TPSA) is 104 Å². The van der Waals surface area contributed by atoms with Gasteiger partial charge in [0.1, 0.15) is 0 Å². The van der Waals surface area contributed by atoms with Crippen LogP contribution >= 0.6 is 15.9 Å². The normalized spacial score (nSPS) is 10.0. The summed E-state index contributed by atoms with van der Waals surface area (Å²) in [5.41, 5.74) is 0.562. The molecule has 0 heterocycles. The number of aliphatic carboxylic acids is 2. The fraction of sp³-hybridized carbons (Fsp3) is 0.600. The first-order valence-corrected chi connectivity index (χ1v) is 10.1. The van der Waals surface area contributed by atoms with Gasteiger partial charge in [-0.3, -0.25) is 9.59 Å². The van der Waals surface area contributed by atoms with Gasteiger partial charge in [-0.05, 0) is 24.1 Å². The molecule has 0 fully saturated rings. The van der Waals surface area contributed by atoms with Crippen LogP contribution in [0.2, 0.25) is 0 Å². The zero-order chi connectivity index (χ0) is 20.7. The van der Waals surface area contributed by atoms with E-state index < -0.39 is 11.9 Å². The molecule has 0 aliphatic carbocycles. The molecule has 0 unspecified atom stereocenters. The van der Waals surface area contributed by atoms with Gasteiger partial charge in [-0.1, -0.05) is 67.8 Å². The summed E-state index contributed by atoms with van der Waals surface area (Å²) in [6.07, 6.45) is 9.94. The van der Waals surface area contributed by atoms with Crippen LogP contribution in [-0.2, 0) is 16.0 Å². The van der Waals surface area contributed by atoms with Crippen molar-refractivity contribution in [1.29, 1.82) is 0 Å². The smallest absolute Gasteiger partial charge is 0.307 e. The minimum atomic E-state index is -0.932. The van der Waals surface area contributed by atoms with Crippen LogP contribution in [-0.4, -0.2) is 34.4 Å². The highest BCUT2D eigenvalue weighted by molar-refractivity contribution is 9.10. The largest absolute Gasteiger partial charge is 0.504 e. The van der Waals surface area contributed by atoms with Gasteiger partial charge < -0.3 is 20.1 Å². The van der Waals surface area contributed by atoms with Crippen molar-refractivity contribution < 1.29 is 29.6 Å². The number of ether oxygens (including phenoxy) is 1. The highest BCUT2D eigenvalue weighted by Crippen LogP contribution is 2.32. The highest BCUT2D eigenvalue weighted by Gasteiger charge is 2.10. The van der Waals surface area contributed by atoms with E-state index in [0.717, 1.165) is 12.8 Å². The number of carboxylic acids is 2. The lowest BCUT2D eigenvalue weighted by molar-refractivity contribution is -0.137. The molecule has 27 heavy (non-hydrogen) atoms. The first-order chi connectivity index (χ1) is 12.8. The maximum absolute atomic E-state index is 10.5. The summed E-state index contributed by atoms with van der Waals surface area (Å²) in [6, 6.07) is 2.91. The Morgan fingerprint density at radius 2 is 1.52 bits per heavy atom. The number of methoxy groups -OCH3 is 1. The lowest BCUT2D eigenvalue weighted by Gasteiger charge is -2.07. The second-order valence-corrected chi connectivity index (χ2v) is 7.16. The first kappa shape index (κ1) is 25.2. The maximum Gasteiger partial charge on any atom is 0.307 e. The number of carboxylic acid groups (broad SMARTS) is 2. The Balaban J connectivity index is 0.000000503. The molecule has 1 rings (SSSR count). The van der Waals surface area contributed by atoms with Crippen molar-refractivity contribution in [3.05, 3.63) is 22.2 Å². The molecule has 7 heteroatoms. The van der Waals surface area contributed by atoms with Crippen LogP contribution in [0.3, 0.4) is 0 Å². The van der Waals surface area contributed by atoms with E-state index in [1.54, 1.807) is 0 Å². The van der Waals surface area contributed by atoms with Gasteiger partial charge in [-0.2, -0.15) is 0 Å². The Morgan fingerprint density at radius 3 is 2.00 bits per heavy atom. The van der Waals surface area contributed by atoms with Crippen LogP contribution < -0.4 is 4.74 Å². The minimum absolute atomic E-state index is 0.0199. The fourth-order valence-corrected chi connectivity index (χ4v) is 2.93. The Bertz CT molecular complexity index is 574. The summed E-state index contributed by atoms with van der Waals surface area (Å²) in [5, 5.41) is 26.3. The number of carbonyl (C=O) groups is 2. The van der Waals surface area contributed by atoms with Crippen molar-refractivity contribution in [2.24, 2.45) is 0 Å². The van der Waals surface area contributed by atoms with E-state index in [4.69, 9.17) is 14.9 Å². The molecule has 0 radical (unpaired) electrons. The zero-order valence-corrected chi connectivity index (χ0v) is 17.8. The molecule has 0 saturated heterocycles. The SMILES string of the molecule is CCCCCCCCCCC(=O)O.COc1cc(CC(=O)O)c(Br)cc1O. The second-order valence-electron chi connectivity index (χ2n) is 6.30. The molecule has 0 atom stereocenters. The van der Waals surface area contributed by atoms with Gasteiger partial charge in [0.05, 0.1) is 13.5 Å². The number of phenolic OH excluding ortho intramolecular Hbond substituents is 1. The fourth-order valence-electron chi connectivity index (χ4n) is 2.46. The van der Waals surface area contributed by atoms with Crippen LogP contribution in [0.1, 0.15) is 70.3 Å². The Hall–Kier alpha value is -1.76. The van der Waals surface area contributed by atoms with E-state index in [0.29, 0.717) is 16.5 Å². The standard InChI is InChI=1S/C11H22O2.C9H9BrO4/c1-2-3-4-5-6-7-8-9-10-11(12)13;1-14-8-2-5(3-9(12)13)6(10)4-7(8)11/h2-10H2,1H3,(H,12,13);2,4,11H,3H2,1H3,(H,12,13). The predicted octanol–water partition coefficient (Wildman–Crippen LogP) is 5.39. The van der Waals surface area contributed by atoms with Gasteiger partial charge in [0.2, 0.25) is 0 Å². The Labute approximate surface area is 169 Å². The van der Waals surface area contributed by atoms with Crippen molar-refractivity contribution in [1.82, 2.24) is 0 Å². The highest BCUT2D eigenvalue weighted by atomic mass is 79.9. The molecule has 0 aromatic heterocycles. The molecule has 1 aromatic carbocycles. The van der Waals surface area contributed by atoms with Crippen molar-refractivity contribution >= 4 is 27.9 Å². The number of hydrogen-bond acceptors (Lipinski definition) is 4. The van der Waals surface area contributed by atoms with E-state index in [9.17, 15) is 14.7 Å². The molecule has 1 aromatic rings. The molecule has 0 amide bonds. The lowest BCUT2D eigenvalue weighted by Crippen LogP contribution is -2.01. The molecule has 6 nitrogen and oxygen atoms in total. The van der Waals surface area contributed by atoms with E-state index in [1.165, 1.54) is 57.8 Å².